The SMILES string of the molecule is CCOC(=O)N1CCN(C(=O)COC(=O)c2cccc(C)c2N)CC1. The number of rotatable bonds is 4. The predicted octanol–water partition coefficient (Wildman–Crippen LogP) is 1.03. The third kappa shape index (κ3) is 4.62. The van der Waals surface area contributed by atoms with Gasteiger partial charge in [0, 0.05) is 31.9 Å². The van der Waals surface area contributed by atoms with Crippen LogP contribution in [-0.4, -0.2) is 67.2 Å². The Labute approximate surface area is 146 Å². The van der Waals surface area contributed by atoms with Gasteiger partial charge in [-0.2, -0.15) is 0 Å². The Morgan fingerprint density at radius 2 is 1.72 bits per heavy atom. The quantitative estimate of drug-likeness (QED) is 0.643. The van der Waals surface area contributed by atoms with E-state index in [0.717, 1.165) is 5.56 Å². The topological polar surface area (TPSA) is 102 Å². The van der Waals surface area contributed by atoms with E-state index in [2.05, 4.69) is 0 Å². The summed E-state index contributed by atoms with van der Waals surface area (Å²) in [4.78, 5) is 39.0. The second-order valence-corrected chi connectivity index (χ2v) is 5.68. The van der Waals surface area contributed by atoms with Gasteiger partial charge in [-0.25, -0.2) is 9.59 Å². The van der Waals surface area contributed by atoms with Crippen LogP contribution in [0.5, 0.6) is 0 Å². The van der Waals surface area contributed by atoms with Crippen molar-refractivity contribution in [2.24, 2.45) is 0 Å². The molecule has 0 radical (unpaired) electrons. The maximum absolute atomic E-state index is 12.2. The van der Waals surface area contributed by atoms with Crippen LogP contribution in [0.15, 0.2) is 18.2 Å². The van der Waals surface area contributed by atoms with Crippen molar-refractivity contribution in [3.63, 3.8) is 0 Å². The van der Waals surface area contributed by atoms with Gasteiger partial charge in [-0.1, -0.05) is 12.1 Å². The lowest BCUT2D eigenvalue weighted by Gasteiger charge is -2.33. The van der Waals surface area contributed by atoms with Gasteiger partial charge >= 0.3 is 12.1 Å². The number of anilines is 1. The van der Waals surface area contributed by atoms with Gasteiger partial charge in [0.1, 0.15) is 0 Å². The summed E-state index contributed by atoms with van der Waals surface area (Å²) in [7, 11) is 0. The fraction of sp³-hybridized carbons (Fsp3) is 0.471. The Bertz CT molecular complexity index is 654. The monoisotopic (exact) mass is 349 g/mol. The van der Waals surface area contributed by atoms with E-state index in [1.807, 2.05) is 0 Å². The minimum Gasteiger partial charge on any atom is -0.452 e. The molecular weight excluding hydrogens is 326 g/mol. The van der Waals surface area contributed by atoms with E-state index in [4.69, 9.17) is 15.2 Å². The zero-order valence-corrected chi connectivity index (χ0v) is 14.5. The molecule has 1 aromatic carbocycles. The molecule has 1 aliphatic heterocycles. The second-order valence-electron chi connectivity index (χ2n) is 5.68. The number of hydrogen-bond donors (Lipinski definition) is 1. The van der Waals surface area contributed by atoms with Crippen molar-refractivity contribution >= 4 is 23.7 Å². The number of nitrogens with zero attached hydrogens (tertiary/aromatic N) is 2. The number of para-hydroxylation sites is 1. The fourth-order valence-electron chi connectivity index (χ4n) is 2.51. The van der Waals surface area contributed by atoms with Crippen molar-refractivity contribution < 1.29 is 23.9 Å². The van der Waals surface area contributed by atoms with Crippen molar-refractivity contribution in [3.8, 4) is 0 Å². The summed E-state index contributed by atoms with van der Waals surface area (Å²) < 4.78 is 10.0. The highest BCUT2D eigenvalue weighted by Crippen LogP contribution is 2.17. The first-order chi connectivity index (χ1) is 11.9. The van der Waals surface area contributed by atoms with Gasteiger partial charge in [-0.3, -0.25) is 4.79 Å². The molecule has 0 unspecified atom stereocenters. The van der Waals surface area contributed by atoms with Gasteiger partial charge in [-0.15, -0.1) is 0 Å². The molecule has 0 spiro atoms. The Kier molecular flexibility index (Phi) is 6.21. The van der Waals surface area contributed by atoms with Crippen LogP contribution in [-0.2, 0) is 14.3 Å². The summed E-state index contributed by atoms with van der Waals surface area (Å²) in [6.07, 6.45) is -0.379. The van der Waals surface area contributed by atoms with E-state index in [-0.39, 0.29) is 24.2 Å². The summed E-state index contributed by atoms with van der Waals surface area (Å²) in [5.41, 5.74) is 7.23. The number of ether oxygens (including phenoxy) is 2. The van der Waals surface area contributed by atoms with E-state index in [1.54, 1.807) is 41.8 Å². The van der Waals surface area contributed by atoms with Crippen molar-refractivity contribution in [3.05, 3.63) is 29.3 Å². The summed E-state index contributed by atoms with van der Waals surface area (Å²) in [5.74, 6) is -0.928. The third-order valence-corrected chi connectivity index (χ3v) is 4.03. The number of amides is 2. The van der Waals surface area contributed by atoms with Crippen LogP contribution < -0.4 is 5.73 Å². The standard InChI is InChI=1S/C17H23N3O5/c1-3-24-17(23)20-9-7-19(8-10-20)14(21)11-25-16(22)13-6-4-5-12(2)15(13)18/h4-6H,3,7-11,18H2,1-2H3. The van der Waals surface area contributed by atoms with Crippen LogP contribution in [0.2, 0.25) is 0 Å². The largest absolute Gasteiger partial charge is 0.452 e. The molecule has 1 fully saturated rings. The van der Waals surface area contributed by atoms with Crippen molar-refractivity contribution in [1.29, 1.82) is 0 Å². The predicted molar refractivity (Wildman–Crippen MR) is 91.0 cm³/mol. The molecule has 1 aromatic rings. The van der Waals surface area contributed by atoms with E-state index < -0.39 is 5.97 Å². The molecule has 2 rings (SSSR count). The molecule has 136 valence electrons. The van der Waals surface area contributed by atoms with Crippen LogP contribution in [0.4, 0.5) is 10.5 Å². The van der Waals surface area contributed by atoms with Crippen LogP contribution >= 0.6 is 0 Å². The molecule has 8 nitrogen and oxygen atoms in total. The number of esters is 1. The van der Waals surface area contributed by atoms with E-state index >= 15 is 0 Å². The average molecular weight is 349 g/mol. The molecule has 1 heterocycles. The molecule has 1 aliphatic rings. The van der Waals surface area contributed by atoms with Crippen LogP contribution in [0.3, 0.4) is 0 Å². The normalized spacial score (nSPS) is 14.2. The number of carbonyl (C=O) groups is 3. The van der Waals surface area contributed by atoms with Crippen molar-refractivity contribution in [2.75, 3.05) is 45.1 Å². The molecule has 25 heavy (non-hydrogen) atoms. The van der Waals surface area contributed by atoms with Crippen molar-refractivity contribution in [2.45, 2.75) is 13.8 Å². The van der Waals surface area contributed by atoms with Gasteiger partial charge in [0.25, 0.3) is 5.91 Å². The minimum absolute atomic E-state index is 0.250. The van der Waals surface area contributed by atoms with Gasteiger partial charge in [0.2, 0.25) is 0 Å². The van der Waals surface area contributed by atoms with Crippen molar-refractivity contribution in [1.82, 2.24) is 9.80 Å². The van der Waals surface area contributed by atoms with Gasteiger partial charge in [0.15, 0.2) is 6.61 Å². The Morgan fingerprint density at radius 1 is 1.08 bits per heavy atom. The first kappa shape index (κ1) is 18.6. The third-order valence-electron chi connectivity index (χ3n) is 4.03. The Balaban J connectivity index is 1.82. The zero-order chi connectivity index (χ0) is 18.4. The molecule has 1 saturated heterocycles. The number of hydrogen-bond acceptors (Lipinski definition) is 6. The summed E-state index contributed by atoms with van der Waals surface area (Å²) in [5, 5.41) is 0. The lowest BCUT2D eigenvalue weighted by atomic mass is 10.1. The van der Waals surface area contributed by atoms with E-state index in [1.165, 1.54) is 0 Å². The molecule has 0 aliphatic carbocycles. The Morgan fingerprint density at radius 3 is 2.36 bits per heavy atom. The highest BCUT2D eigenvalue weighted by molar-refractivity contribution is 5.96. The lowest BCUT2D eigenvalue weighted by Crippen LogP contribution is -2.51. The van der Waals surface area contributed by atoms with E-state index in [9.17, 15) is 14.4 Å². The number of carbonyl (C=O) groups excluding carboxylic acids is 3. The summed E-state index contributed by atoms with van der Waals surface area (Å²) in [6.45, 7) is 5.03. The summed E-state index contributed by atoms with van der Waals surface area (Å²) >= 11 is 0. The highest BCUT2D eigenvalue weighted by Gasteiger charge is 2.25. The average Bonchev–Trinajstić information content (AvgIpc) is 2.62. The van der Waals surface area contributed by atoms with Gasteiger partial charge in [-0.05, 0) is 25.5 Å². The second kappa shape index (κ2) is 8.36. The maximum Gasteiger partial charge on any atom is 0.409 e. The Hall–Kier alpha value is -2.77. The summed E-state index contributed by atoms with van der Waals surface area (Å²) in [6, 6.07) is 5.06. The van der Waals surface area contributed by atoms with Crippen LogP contribution in [0, 0.1) is 6.92 Å². The smallest absolute Gasteiger partial charge is 0.409 e. The van der Waals surface area contributed by atoms with Gasteiger partial charge in [0.05, 0.1) is 12.2 Å². The molecular formula is C17H23N3O5. The molecule has 0 saturated carbocycles. The number of aryl methyl sites for hydroxylation is 1. The highest BCUT2D eigenvalue weighted by atomic mass is 16.6. The lowest BCUT2D eigenvalue weighted by molar-refractivity contribution is -0.136. The molecule has 2 N–H and O–H groups in total. The number of benzene rings is 1. The molecule has 2 amide bonds. The molecule has 0 bridgehead atoms. The first-order valence-electron chi connectivity index (χ1n) is 8.15. The molecule has 0 atom stereocenters. The number of piperazine rings is 1. The molecule has 8 heteroatoms. The fourth-order valence-corrected chi connectivity index (χ4v) is 2.51. The van der Waals surface area contributed by atoms with E-state index in [0.29, 0.717) is 38.5 Å². The zero-order valence-electron chi connectivity index (χ0n) is 14.5. The van der Waals surface area contributed by atoms with Crippen LogP contribution in [0.25, 0.3) is 0 Å². The first-order valence-corrected chi connectivity index (χ1v) is 8.15. The molecule has 0 aromatic heterocycles. The maximum atomic E-state index is 12.2. The van der Waals surface area contributed by atoms with Gasteiger partial charge < -0.3 is 25.0 Å². The minimum atomic E-state index is -0.625. The number of nitrogens with two attached hydrogens (primary N) is 1. The number of nitrogen functional groups attached to an aromatic ring is 1. The van der Waals surface area contributed by atoms with Crippen LogP contribution in [0.1, 0.15) is 22.8 Å².